The summed E-state index contributed by atoms with van der Waals surface area (Å²) in [5.41, 5.74) is 3.41. The van der Waals surface area contributed by atoms with Gasteiger partial charge in [0.05, 0.1) is 44.1 Å². The Labute approximate surface area is 238 Å². The van der Waals surface area contributed by atoms with E-state index in [0.29, 0.717) is 39.3 Å². The highest BCUT2D eigenvalue weighted by Crippen LogP contribution is 2.35. The van der Waals surface area contributed by atoms with Gasteiger partial charge in [-0.1, -0.05) is 29.3 Å². The fourth-order valence-electron chi connectivity index (χ4n) is 5.23. The second-order valence-corrected chi connectivity index (χ2v) is 13.4. The smallest absolute Gasteiger partial charge is 0.273 e. The molecular weight excluding hydrogens is 559 g/mol. The molecule has 39 heavy (non-hydrogen) atoms. The van der Waals surface area contributed by atoms with E-state index in [9.17, 15) is 13.8 Å². The number of carbonyl (C=O) groups excluding carboxylic acids is 2. The summed E-state index contributed by atoms with van der Waals surface area (Å²) in [5.74, 6) is -0.316. The summed E-state index contributed by atoms with van der Waals surface area (Å²) in [7, 11) is -1.03. The average Bonchev–Trinajstić information content (AvgIpc) is 3.30. The largest absolute Gasteiger partial charge is 0.331 e. The third-order valence-electron chi connectivity index (χ3n) is 7.66. The molecule has 0 saturated carbocycles. The number of benzene rings is 1. The molecule has 2 aromatic heterocycles. The Hall–Kier alpha value is -2.95. The maximum absolute atomic E-state index is 13.9. The van der Waals surface area contributed by atoms with E-state index >= 15 is 0 Å². The molecule has 0 N–H and O–H groups in total. The van der Waals surface area contributed by atoms with Crippen molar-refractivity contribution in [3.63, 3.8) is 0 Å². The van der Waals surface area contributed by atoms with Crippen molar-refractivity contribution in [2.45, 2.75) is 56.9 Å². The fourth-order valence-corrected chi connectivity index (χ4v) is 6.28. The maximum Gasteiger partial charge on any atom is 0.273 e. The predicted octanol–water partition coefficient (Wildman–Crippen LogP) is 5.04. The number of pyridine rings is 1. The van der Waals surface area contributed by atoms with Gasteiger partial charge in [0.15, 0.2) is 0 Å². The van der Waals surface area contributed by atoms with Gasteiger partial charge in [0, 0.05) is 49.6 Å². The summed E-state index contributed by atoms with van der Waals surface area (Å²) in [6.07, 6.45) is 3.75. The van der Waals surface area contributed by atoms with Gasteiger partial charge in [-0.05, 0) is 50.6 Å². The fraction of sp³-hybridized carbons (Fsp3) is 0.407. The van der Waals surface area contributed by atoms with Crippen LogP contribution in [-0.2, 0) is 22.7 Å². The molecule has 2 aliphatic rings. The molecule has 0 unspecified atom stereocenters. The highest BCUT2D eigenvalue weighted by Gasteiger charge is 2.40. The molecule has 1 aromatic carbocycles. The summed E-state index contributed by atoms with van der Waals surface area (Å²) < 4.78 is 18.3. The number of carbonyl (C=O) groups is 2. The van der Waals surface area contributed by atoms with E-state index in [1.54, 1.807) is 41.6 Å². The zero-order valence-corrected chi connectivity index (χ0v) is 24.7. The van der Waals surface area contributed by atoms with Gasteiger partial charge < -0.3 is 9.80 Å². The molecule has 5 rings (SSSR count). The van der Waals surface area contributed by atoms with E-state index in [0.717, 1.165) is 16.8 Å². The third kappa shape index (κ3) is 4.83. The molecule has 2 amide bonds. The Morgan fingerprint density at radius 1 is 1.15 bits per heavy atom. The minimum Gasteiger partial charge on any atom is -0.331 e. The van der Waals surface area contributed by atoms with Crippen LogP contribution in [-0.4, -0.2) is 66.5 Å². The Kier molecular flexibility index (Phi) is 7.24. The highest BCUT2D eigenvalue weighted by atomic mass is 35.5. The second kappa shape index (κ2) is 10.2. The molecule has 0 fully saturated rings. The lowest BCUT2D eigenvalue weighted by atomic mass is 9.96. The Balaban J connectivity index is 1.45. The van der Waals surface area contributed by atoms with Crippen LogP contribution in [0.1, 0.15) is 70.5 Å². The van der Waals surface area contributed by atoms with Crippen LogP contribution in [0.5, 0.6) is 0 Å². The lowest BCUT2D eigenvalue weighted by Crippen LogP contribution is -2.45. The van der Waals surface area contributed by atoms with Gasteiger partial charge in [0.25, 0.3) is 11.8 Å². The van der Waals surface area contributed by atoms with Gasteiger partial charge in [-0.3, -0.25) is 14.3 Å². The molecule has 9 nitrogen and oxygen atoms in total. The van der Waals surface area contributed by atoms with Crippen LogP contribution in [0.2, 0.25) is 10.0 Å². The first kappa shape index (κ1) is 27.6. The van der Waals surface area contributed by atoms with Gasteiger partial charge >= 0.3 is 0 Å². The summed E-state index contributed by atoms with van der Waals surface area (Å²) >= 11 is 12.2. The van der Waals surface area contributed by atoms with Crippen LogP contribution in [0.15, 0.2) is 45.9 Å². The van der Waals surface area contributed by atoms with Gasteiger partial charge in [-0.25, -0.2) is 13.6 Å². The van der Waals surface area contributed by atoms with E-state index in [1.165, 1.54) is 7.05 Å². The number of halogens is 2. The van der Waals surface area contributed by atoms with Crippen LogP contribution < -0.4 is 0 Å². The highest BCUT2D eigenvalue weighted by molar-refractivity contribution is 7.92. The standard InChI is InChI=1S/C27H30Cl2N6O3S/c1-15-10-23-20(14-33(15)26(36)18-6-8-21(28)22(29)11-18)25-27(37)34(13-16(2)35(25)32-23)17(3)19-7-9-24(31-12-19)39(5,38)30-4/h6-9,11-12,15-17H,10,13-14H2,1-5H3/t15-,16-,17+,39+/m1/s1. The zero-order valence-electron chi connectivity index (χ0n) is 22.4. The van der Waals surface area contributed by atoms with E-state index in [-0.39, 0.29) is 36.5 Å². The minimum atomic E-state index is -2.54. The molecule has 12 heteroatoms. The minimum absolute atomic E-state index is 0.0548. The van der Waals surface area contributed by atoms with E-state index in [4.69, 9.17) is 28.3 Å². The molecule has 0 radical (unpaired) electrons. The van der Waals surface area contributed by atoms with Crippen LogP contribution in [0.25, 0.3) is 0 Å². The monoisotopic (exact) mass is 588 g/mol. The van der Waals surface area contributed by atoms with Crippen molar-refractivity contribution in [1.29, 1.82) is 0 Å². The first-order valence-corrected chi connectivity index (χ1v) is 15.3. The second-order valence-electron chi connectivity index (χ2n) is 10.2. The summed E-state index contributed by atoms with van der Waals surface area (Å²) in [6, 6.07) is 7.96. The molecule has 0 bridgehead atoms. The first-order chi connectivity index (χ1) is 18.4. The molecule has 4 atom stereocenters. The molecule has 2 aliphatic heterocycles. The Morgan fingerprint density at radius 2 is 1.90 bits per heavy atom. The Morgan fingerprint density at radius 3 is 2.54 bits per heavy atom. The number of hydrogen-bond acceptors (Lipinski definition) is 6. The molecule has 4 heterocycles. The number of nitrogens with zero attached hydrogens (tertiary/aromatic N) is 6. The van der Waals surface area contributed by atoms with E-state index in [2.05, 4.69) is 9.35 Å². The lowest BCUT2D eigenvalue weighted by molar-refractivity contribution is 0.0574. The molecule has 206 valence electrons. The maximum atomic E-state index is 13.9. The van der Waals surface area contributed by atoms with Gasteiger partial charge in [-0.2, -0.15) is 5.10 Å². The third-order valence-corrected chi connectivity index (χ3v) is 10.1. The van der Waals surface area contributed by atoms with Crippen LogP contribution >= 0.6 is 23.2 Å². The molecule has 3 aromatic rings. The zero-order chi connectivity index (χ0) is 28.2. The van der Waals surface area contributed by atoms with Gasteiger partial charge in [-0.15, -0.1) is 0 Å². The lowest BCUT2D eigenvalue weighted by Gasteiger charge is -2.37. The summed E-state index contributed by atoms with van der Waals surface area (Å²) in [5, 5.41) is 5.93. The molecule has 0 aliphatic carbocycles. The van der Waals surface area contributed by atoms with Crippen molar-refractivity contribution < 1.29 is 13.8 Å². The van der Waals surface area contributed by atoms with Crippen molar-refractivity contribution in [3.8, 4) is 0 Å². The number of amides is 2. The summed E-state index contributed by atoms with van der Waals surface area (Å²) in [4.78, 5) is 35.4. The average molecular weight is 590 g/mol. The molecular formula is C27H30Cl2N6O3S. The summed E-state index contributed by atoms with van der Waals surface area (Å²) in [6.45, 7) is 6.72. The molecule has 0 saturated heterocycles. The predicted molar refractivity (Wildman–Crippen MR) is 151 cm³/mol. The van der Waals surface area contributed by atoms with Crippen molar-refractivity contribution >= 4 is 44.7 Å². The number of fused-ring (bicyclic) bond motifs is 3. The van der Waals surface area contributed by atoms with Crippen LogP contribution in [0.3, 0.4) is 0 Å². The van der Waals surface area contributed by atoms with E-state index < -0.39 is 9.73 Å². The van der Waals surface area contributed by atoms with Crippen LogP contribution in [0.4, 0.5) is 0 Å². The van der Waals surface area contributed by atoms with Crippen molar-refractivity contribution in [2.24, 2.45) is 4.36 Å². The van der Waals surface area contributed by atoms with Crippen molar-refractivity contribution in [3.05, 3.63) is 74.7 Å². The van der Waals surface area contributed by atoms with Crippen molar-refractivity contribution in [1.82, 2.24) is 24.6 Å². The normalized spacial score (nSPS) is 21.2. The van der Waals surface area contributed by atoms with Gasteiger partial charge in [0.1, 0.15) is 10.7 Å². The quantitative estimate of drug-likeness (QED) is 0.425. The SMILES string of the molecule is CN=[S@@](C)(=O)c1ccc([C@H](C)N2C[C@@H](C)n3nc4c(c3C2=O)CN(C(=O)c2ccc(Cl)c(Cl)c2)[C@H](C)C4)cn1. The van der Waals surface area contributed by atoms with Gasteiger partial charge in [0.2, 0.25) is 0 Å². The van der Waals surface area contributed by atoms with E-state index in [1.807, 2.05) is 36.4 Å². The van der Waals surface area contributed by atoms with Crippen molar-refractivity contribution in [2.75, 3.05) is 19.8 Å². The number of hydrogen-bond donors (Lipinski definition) is 0. The van der Waals surface area contributed by atoms with Crippen LogP contribution in [0, 0.1) is 0 Å². The molecule has 0 spiro atoms. The topological polar surface area (TPSA) is 101 Å². The Bertz CT molecular complexity index is 1600. The number of rotatable bonds is 4. The first-order valence-electron chi connectivity index (χ1n) is 12.7. The number of aromatic nitrogens is 3.